The van der Waals surface area contributed by atoms with Gasteiger partial charge >= 0.3 is 0 Å². The molecule has 1 amide bonds. The Morgan fingerprint density at radius 1 is 1.26 bits per heavy atom. The Labute approximate surface area is 119 Å². The number of rotatable bonds is 10. The highest BCUT2D eigenvalue weighted by molar-refractivity contribution is 5.76. The molecule has 0 rings (SSSR count). The largest absolute Gasteiger partial charge is 0.356 e. The lowest BCUT2D eigenvalue weighted by molar-refractivity contribution is -0.122. The average molecular weight is 271 g/mol. The second-order valence-electron chi connectivity index (χ2n) is 6.21. The van der Waals surface area contributed by atoms with Crippen molar-refractivity contribution >= 4 is 5.91 Å². The Kier molecular flexibility index (Phi) is 9.88. The normalized spacial score (nSPS) is 13.3. The fourth-order valence-electron chi connectivity index (χ4n) is 2.08. The number of hydrogen-bond donors (Lipinski definition) is 2. The maximum Gasteiger partial charge on any atom is 0.220 e. The minimum atomic E-state index is 0.142. The summed E-state index contributed by atoms with van der Waals surface area (Å²) in [5.74, 6) is 1.06. The molecule has 4 heteroatoms. The summed E-state index contributed by atoms with van der Waals surface area (Å²) in [6.07, 6.45) is 2.59. The van der Waals surface area contributed by atoms with Crippen molar-refractivity contribution in [2.24, 2.45) is 17.6 Å². The van der Waals surface area contributed by atoms with Crippen LogP contribution >= 0.6 is 0 Å². The highest BCUT2D eigenvalue weighted by Gasteiger charge is 2.13. The average Bonchev–Trinajstić information content (AvgIpc) is 2.32. The van der Waals surface area contributed by atoms with Gasteiger partial charge in [0.15, 0.2) is 0 Å². The molecule has 0 aromatic rings. The van der Waals surface area contributed by atoms with Crippen LogP contribution in [0.5, 0.6) is 0 Å². The van der Waals surface area contributed by atoms with Crippen LogP contribution in [0, 0.1) is 11.8 Å². The molecule has 0 bridgehead atoms. The first-order valence-corrected chi connectivity index (χ1v) is 7.53. The summed E-state index contributed by atoms with van der Waals surface area (Å²) in [7, 11) is 2.11. The van der Waals surface area contributed by atoms with Gasteiger partial charge < -0.3 is 16.0 Å². The lowest BCUT2D eigenvalue weighted by atomic mass is 9.94. The van der Waals surface area contributed by atoms with E-state index in [1.54, 1.807) is 0 Å². The van der Waals surface area contributed by atoms with Gasteiger partial charge in [-0.3, -0.25) is 4.79 Å². The highest BCUT2D eigenvalue weighted by atomic mass is 16.1. The van der Waals surface area contributed by atoms with Crippen LogP contribution in [0.25, 0.3) is 0 Å². The van der Waals surface area contributed by atoms with Crippen molar-refractivity contribution in [3.63, 3.8) is 0 Å². The molecule has 0 unspecified atom stereocenters. The van der Waals surface area contributed by atoms with E-state index in [0.717, 1.165) is 25.9 Å². The first kappa shape index (κ1) is 18.4. The molecule has 0 radical (unpaired) electrons. The van der Waals surface area contributed by atoms with Gasteiger partial charge in [0.1, 0.15) is 0 Å². The number of nitrogens with zero attached hydrogens (tertiary/aromatic N) is 1. The molecule has 1 atom stereocenters. The third-order valence-electron chi connectivity index (χ3n) is 3.50. The summed E-state index contributed by atoms with van der Waals surface area (Å²) in [6, 6.07) is 0.559. The van der Waals surface area contributed by atoms with Crippen molar-refractivity contribution in [2.75, 3.05) is 26.7 Å². The van der Waals surface area contributed by atoms with Gasteiger partial charge in [-0.1, -0.05) is 13.8 Å². The molecule has 0 heterocycles. The van der Waals surface area contributed by atoms with Gasteiger partial charge in [-0.05, 0) is 58.7 Å². The maximum absolute atomic E-state index is 11.8. The molecule has 0 fully saturated rings. The zero-order valence-corrected chi connectivity index (χ0v) is 13.4. The van der Waals surface area contributed by atoms with Crippen LogP contribution in [-0.2, 0) is 4.79 Å². The summed E-state index contributed by atoms with van der Waals surface area (Å²) >= 11 is 0. The van der Waals surface area contributed by atoms with E-state index in [1.165, 1.54) is 0 Å². The van der Waals surface area contributed by atoms with E-state index >= 15 is 0 Å². The Morgan fingerprint density at radius 2 is 1.89 bits per heavy atom. The molecule has 0 aliphatic rings. The molecule has 0 aliphatic carbocycles. The van der Waals surface area contributed by atoms with Crippen molar-refractivity contribution in [3.8, 4) is 0 Å². The zero-order chi connectivity index (χ0) is 14.8. The standard InChI is InChI=1S/C15H33N3O/c1-12(2)9-14(11-16)10-15(19)17-7-6-8-18(5)13(3)4/h12-14H,6-11,16H2,1-5H3,(H,17,19)/t14-/m0/s1. The van der Waals surface area contributed by atoms with E-state index in [4.69, 9.17) is 5.73 Å². The van der Waals surface area contributed by atoms with E-state index in [1.807, 2.05) is 0 Å². The van der Waals surface area contributed by atoms with E-state index in [9.17, 15) is 4.79 Å². The van der Waals surface area contributed by atoms with Gasteiger partial charge in [-0.15, -0.1) is 0 Å². The highest BCUT2D eigenvalue weighted by Crippen LogP contribution is 2.13. The van der Waals surface area contributed by atoms with Gasteiger partial charge in [-0.25, -0.2) is 0 Å². The lowest BCUT2D eigenvalue weighted by Gasteiger charge is -2.21. The Morgan fingerprint density at radius 3 is 2.37 bits per heavy atom. The summed E-state index contributed by atoms with van der Waals surface area (Å²) in [5, 5.41) is 2.99. The summed E-state index contributed by atoms with van der Waals surface area (Å²) in [5.41, 5.74) is 5.71. The molecule has 4 nitrogen and oxygen atoms in total. The van der Waals surface area contributed by atoms with Crippen LogP contribution < -0.4 is 11.1 Å². The predicted octanol–water partition coefficient (Wildman–Crippen LogP) is 1.84. The molecular weight excluding hydrogens is 238 g/mol. The molecule has 19 heavy (non-hydrogen) atoms. The summed E-state index contributed by atoms with van der Waals surface area (Å²) in [4.78, 5) is 14.1. The van der Waals surface area contributed by atoms with Gasteiger partial charge in [0.05, 0.1) is 0 Å². The number of hydrogen-bond acceptors (Lipinski definition) is 3. The van der Waals surface area contributed by atoms with Crippen LogP contribution in [0.4, 0.5) is 0 Å². The fourth-order valence-corrected chi connectivity index (χ4v) is 2.08. The second-order valence-corrected chi connectivity index (χ2v) is 6.21. The molecular formula is C15H33N3O. The molecule has 0 aromatic carbocycles. The van der Waals surface area contributed by atoms with Crippen LogP contribution in [0.2, 0.25) is 0 Å². The molecule has 3 N–H and O–H groups in total. The Bertz CT molecular complexity index is 242. The van der Waals surface area contributed by atoms with Gasteiger partial charge in [0.2, 0.25) is 5.91 Å². The van der Waals surface area contributed by atoms with Crippen LogP contribution in [0.15, 0.2) is 0 Å². The third kappa shape index (κ3) is 9.91. The zero-order valence-electron chi connectivity index (χ0n) is 13.4. The number of carbonyl (C=O) groups excluding carboxylic acids is 1. The maximum atomic E-state index is 11.8. The molecule has 0 spiro atoms. The summed E-state index contributed by atoms with van der Waals surface area (Å²) in [6.45, 7) is 11.1. The predicted molar refractivity (Wildman–Crippen MR) is 82.0 cm³/mol. The Hall–Kier alpha value is -0.610. The van der Waals surface area contributed by atoms with Crippen LogP contribution in [-0.4, -0.2) is 43.5 Å². The van der Waals surface area contributed by atoms with Crippen molar-refractivity contribution in [3.05, 3.63) is 0 Å². The van der Waals surface area contributed by atoms with Crippen molar-refractivity contribution < 1.29 is 4.79 Å². The fraction of sp³-hybridized carbons (Fsp3) is 0.933. The monoisotopic (exact) mass is 271 g/mol. The summed E-state index contributed by atoms with van der Waals surface area (Å²) < 4.78 is 0. The van der Waals surface area contributed by atoms with E-state index in [2.05, 4.69) is 45.0 Å². The van der Waals surface area contributed by atoms with Crippen molar-refractivity contribution in [2.45, 2.75) is 53.0 Å². The van der Waals surface area contributed by atoms with Crippen molar-refractivity contribution in [1.29, 1.82) is 0 Å². The van der Waals surface area contributed by atoms with Crippen LogP contribution in [0.1, 0.15) is 47.0 Å². The molecule has 114 valence electrons. The Balaban J connectivity index is 3.74. The number of nitrogens with two attached hydrogens (primary N) is 1. The van der Waals surface area contributed by atoms with E-state index in [0.29, 0.717) is 30.8 Å². The van der Waals surface area contributed by atoms with Crippen LogP contribution in [0.3, 0.4) is 0 Å². The lowest BCUT2D eigenvalue weighted by Crippen LogP contribution is -2.33. The number of amides is 1. The number of carbonyl (C=O) groups is 1. The topological polar surface area (TPSA) is 58.4 Å². The van der Waals surface area contributed by atoms with E-state index in [-0.39, 0.29) is 5.91 Å². The number of nitrogens with one attached hydrogen (secondary N) is 1. The minimum absolute atomic E-state index is 0.142. The van der Waals surface area contributed by atoms with Gasteiger partial charge in [0.25, 0.3) is 0 Å². The van der Waals surface area contributed by atoms with Gasteiger partial charge in [-0.2, -0.15) is 0 Å². The molecule has 0 aromatic heterocycles. The third-order valence-corrected chi connectivity index (χ3v) is 3.50. The molecule has 0 saturated heterocycles. The molecule has 0 aliphatic heterocycles. The minimum Gasteiger partial charge on any atom is -0.356 e. The smallest absolute Gasteiger partial charge is 0.220 e. The van der Waals surface area contributed by atoms with Crippen molar-refractivity contribution in [1.82, 2.24) is 10.2 Å². The van der Waals surface area contributed by atoms with E-state index < -0.39 is 0 Å². The first-order chi connectivity index (χ1) is 8.86. The SMILES string of the molecule is CC(C)C[C@H](CN)CC(=O)NCCCN(C)C(C)C. The molecule has 0 saturated carbocycles. The second kappa shape index (κ2) is 10.2. The quantitative estimate of drug-likeness (QED) is 0.596. The van der Waals surface area contributed by atoms with Gasteiger partial charge in [0, 0.05) is 19.0 Å². The first-order valence-electron chi connectivity index (χ1n) is 7.53.